The Kier molecular flexibility index (Phi) is 5.23. The highest BCUT2D eigenvalue weighted by molar-refractivity contribution is 9.11. The van der Waals surface area contributed by atoms with Crippen molar-refractivity contribution in [2.75, 3.05) is 0 Å². The van der Waals surface area contributed by atoms with Gasteiger partial charge >= 0.3 is 0 Å². The first kappa shape index (κ1) is 17.4. The molecule has 1 N–H and O–H groups in total. The number of benzene rings is 1. The van der Waals surface area contributed by atoms with Gasteiger partial charge < -0.3 is 0 Å². The van der Waals surface area contributed by atoms with E-state index in [1.54, 1.807) is 6.07 Å². The zero-order valence-corrected chi connectivity index (χ0v) is 16.5. The monoisotopic (exact) mass is 437 g/mol. The molecule has 0 bridgehead atoms. The fourth-order valence-electron chi connectivity index (χ4n) is 2.80. The van der Waals surface area contributed by atoms with Crippen LogP contribution >= 0.6 is 31.9 Å². The Labute approximate surface area is 144 Å². The summed E-state index contributed by atoms with van der Waals surface area (Å²) in [4.78, 5) is 0.293. The molecule has 1 aliphatic rings. The molecular formula is C15H21Br2NO2S. The molecule has 1 saturated carbocycles. The summed E-state index contributed by atoms with van der Waals surface area (Å²) in [5.74, 6) is 0. The second kappa shape index (κ2) is 6.30. The molecule has 0 aliphatic heterocycles. The van der Waals surface area contributed by atoms with Gasteiger partial charge in [-0.15, -0.1) is 0 Å². The van der Waals surface area contributed by atoms with Crippen molar-refractivity contribution in [1.29, 1.82) is 0 Å². The van der Waals surface area contributed by atoms with Gasteiger partial charge in [0.25, 0.3) is 0 Å². The molecule has 0 radical (unpaired) electrons. The first-order valence-electron chi connectivity index (χ1n) is 7.11. The highest BCUT2D eigenvalue weighted by Crippen LogP contribution is 2.37. The van der Waals surface area contributed by atoms with Crippen molar-refractivity contribution in [2.45, 2.75) is 57.4 Å². The predicted octanol–water partition coefficient (Wildman–Crippen LogP) is 4.77. The van der Waals surface area contributed by atoms with E-state index < -0.39 is 10.0 Å². The van der Waals surface area contributed by atoms with Gasteiger partial charge in [-0.1, -0.05) is 42.6 Å². The number of sulfonamides is 1. The standard InChI is InChI=1S/C15H21Br2NO2S/c1-10-8-12(17)13(9-11(10)16)21(19,20)18-14-6-4-5-7-15(14,2)3/h8-9,14,18H,4-7H2,1-3H3. The summed E-state index contributed by atoms with van der Waals surface area (Å²) in [5.41, 5.74) is 0.999. The molecule has 1 atom stereocenters. The van der Waals surface area contributed by atoms with Gasteiger partial charge in [0.05, 0.1) is 4.90 Å². The van der Waals surface area contributed by atoms with Gasteiger partial charge in [0.2, 0.25) is 10.0 Å². The Morgan fingerprint density at radius 2 is 1.86 bits per heavy atom. The number of nitrogens with one attached hydrogen (secondary N) is 1. The van der Waals surface area contributed by atoms with Gasteiger partial charge in [-0.05, 0) is 58.8 Å². The Morgan fingerprint density at radius 1 is 1.19 bits per heavy atom. The van der Waals surface area contributed by atoms with Crippen LogP contribution in [0, 0.1) is 12.3 Å². The van der Waals surface area contributed by atoms with E-state index in [9.17, 15) is 8.42 Å². The van der Waals surface area contributed by atoms with E-state index in [0.29, 0.717) is 9.37 Å². The minimum absolute atomic E-state index is 0.000272. The fourth-order valence-corrected chi connectivity index (χ4v) is 5.92. The third-order valence-electron chi connectivity index (χ3n) is 4.31. The van der Waals surface area contributed by atoms with Crippen molar-refractivity contribution in [3.63, 3.8) is 0 Å². The Hall–Kier alpha value is 0.0900. The molecule has 1 aromatic rings. The lowest BCUT2D eigenvalue weighted by atomic mass is 9.74. The average Bonchev–Trinajstić information content (AvgIpc) is 2.36. The van der Waals surface area contributed by atoms with E-state index in [1.807, 2.05) is 13.0 Å². The topological polar surface area (TPSA) is 46.2 Å². The van der Waals surface area contributed by atoms with Crippen LogP contribution in [0.2, 0.25) is 0 Å². The van der Waals surface area contributed by atoms with Gasteiger partial charge in [-0.3, -0.25) is 0 Å². The summed E-state index contributed by atoms with van der Waals surface area (Å²) in [7, 11) is -3.53. The summed E-state index contributed by atoms with van der Waals surface area (Å²) >= 11 is 6.78. The molecular weight excluding hydrogens is 418 g/mol. The minimum atomic E-state index is -3.53. The SMILES string of the molecule is Cc1cc(Br)c(S(=O)(=O)NC2CCCCC2(C)C)cc1Br. The maximum Gasteiger partial charge on any atom is 0.241 e. The highest BCUT2D eigenvalue weighted by atomic mass is 79.9. The van der Waals surface area contributed by atoms with E-state index in [1.165, 1.54) is 6.42 Å². The van der Waals surface area contributed by atoms with Crippen LogP contribution in [0.1, 0.15) is 45.1 Å². The van der Waals surface area contributed by atoms with Crippen molar-refractivity contribution in [3.8, 4) is 0 Å². The zero-order valence-electron chi connectivity index (χ0n) is 12.5. The normalized spacial score (nSPS) is 22.2. The third kappa shape index (κ3) is 3.89. The van der Waals surface area contributed by atoms with E-state index in [0.717, 1.165) is 29.3 Å². The van der Waals surface area contributed by atoms with Gasteiger partial charge in [0.15, 0.2) is 0 Å². The summed E-state index contributed by atoms with van der Waals surface area (Å²) in [6.07, 6.45) is 4.20. The first-order chi connectivity index (χ1) is 9.63. The Balaban J connectivity index is 2.32. The molecule has 118 valence electrons. The van der Waals surface area contributed by atoms with Crippen LogP contribution in [-0.2, 0) is 10.0 Å². The van der Waals surface area contributed by atoms with Crippen LogP contribution in [0.25, 0.3) is 0 Å². The van der Waals surface area contributed by atoms with Crippen LogP contribution in [0.15, 0.2) is 26.0 Å². The Morgan fingerprint density at radius 3 is 2.48 bits per heavy atom. The molecule has 0 saturated heterocycles. The molecule has 1 aliphatic carbocycles. The molecule has 21 heavy (non-hydrogen) atoms. The Bertz CT molecular complexity index is 641. The molecule has 1 unspecified atom stereocenters. The minimum Gasteiger partial charge on any atom is -0.208 e. The van der Waals surface area contributed by atoms with Gasteiger partial charge in [-0.25, -0.2) is 13.1 Å². The van der Waals surface area contributed by atoms with Crippen molar-refractivity contribution < 1.29 is 8.42 Å². The van der Waals surface area contributed by atoms with Crippen LogP contribution in [0.4, 0.5) is 0 Å². The van der Waals surface area contributed by atoms with Crippen LogP contribution < -0.4 is 4.72 Å². The largest absolute Gasteiger partial charge is 0.241 e. The molecule has 6 heteroatoms. The second-order valence-electron chi connectivity index (χ2n) is 6.44. The molecule has 1 fully saturated rings. The molecule has 0 aromatic heterocycles. The molecule has 3 nitrogen and oxygen atoms in total. The predicted molar refractivity (Wildman–Crippen MR) is 92.9 cm³/mol. The van der Waals surface area contributed by atoms with Crippen LogP contribution in [0.5, 0.6) is 0 Å². The summed E-state index contributed by atoms with van der Waals surface area (Å²) in [6.45, 7) is 6.21. The molecule has 2 rings (SSSR count). The second-order valence-corrected chi connectivity index (χ2v) is 9.83. The van der Waals surface area contributed by atoms with E-state index in [4.69, 9.17) is 0 Å². The van der Waals surface area contributed by atoms with E-state index in [2.05, 4.69) is 50.4 Å². The van der Waals surface area contributed by atoms with Gasteiger partial charge in [0.1, 0.15) is 0 Å². The van der Waals surface area contributed by atoms with Crippen LogP contribution in [-0.4, -0.2) is 14.5 Å². The number of hydrogen-bond acceptors (Lipinski definition) is 2. The summed E-state index contributed by atoms with van der Waals surface area (Å²) in [5, 5.41) is 0. The number of halogens is 2. The maximum atomic E-state index is 12.7. The molecule has 0 heterocycles. The third-order valence-corrected chi connectivity index (χ3v) is 7.59. The van der Waals surface area contributed by atoms with Crippen molar-refractivity contribution in [2.24, 2.45) is 5.41 Å². The fraction of sp³-hybridized carbons (Fsp3) is 0.600. The van der Waals surface area contributed by atoms with Crippen molar-refractivity contribution in [3.05, 3.63) is 26.6 Å². The number of aryl methyl sites for hydroxylation is 1. The van der Waals surface area contributed by atoms with Gasteiger partial charge in [-0.2, -0.15) is 0 Å². The lowest BCUT2D eigenvalue weighted by molar-refractivity contribution is 0.188. The summed E-state index contributed by atoms with van der Waals surface area (Å²) < 4.78 is 29.7. The average molecular weight is 439 g/mol. The van der Waals surface area contributed by atoms with Gasteiger partial charge in [0, 0.05) is 15.0 Å². The molecule has 1 aromatic carbocycles. The quantitative estimate of drug-likeness (QED) is 0.738. The molecule has 0 spiro atoms. The smallest absolute Gasteiger partial charge is 0.208 e. The van der Waals surface area contributed by atoms with Crippen molar-refractivity contribution >= 4 is 41.9 Å². The van der Waals surface area contributed by atoms with E-state index >= 15 is 0 Å². The maximum absolute atomic E-state index is 12.7. The first-order valence-corrected chi connectivity index (χ1v) is 10.2. The van der Waals surface area contributed by atoms with Crippen LogP contribution in [0.3, 0.4) is 0 Å². The van der Waals surface area contributed by atoms with Crippen molar-refractivity contribution in [1.82, 2.24) is 4.72 Å². The number of hydrogen-bond donors (Lipinski definition) is 1. The van der Waals surface area contributed by atoms with E-state index in [-0.39, 0.29) is 11.5 Å². The lowest BCUT2D eigenvalue weighted by Gasteiger charge is -2.38. The number of rotatable bonds is 3. The lowest BCUT2D eigenvalue weighted by Crippen LogP contribution is -2.46. The summed E-state index contributed by atoms with van der Waals surface area (Å²) in [6, 6.07) is 3.48. The molecule has 0 amide bonds. The highest BCUT2D eigenvalue weighted by Gasteiger charge is 2.35. The zero-order chi connectivity index (χ0) is 15.8.